The van der Waals surface area contributed by atoms with Crippen molar-refractivity contribution in [2.45, 2.75) is 33.6 Å². The van der Waals surface area contributed by atoms with Gasteiger partial charge in [-0.25, -0.2) is 0 Å². The zero-order valence-electron chi connectivity index (χ0n) is 13.8. The third kappa shape index (κ3) is 3.77. The number of nitrogens with one attached hydrogen (secondary N) is 1. The van der Waals surface area contributed by atoms with Gasteiger partial charge in [-0.15, -0.1) is 0 Å². The quantitative estimate of drug-likeness (QED) is 0.895. The lowest BCUT2D eigenvalue weighted by Crippen LogP contribution is -2.16. The normalized spacial score (nSPS) is 11.8. The van der Waals surface area contributed by atoms with Crippen molar-refractivity contribution in [2.75, 3.05) is 5.32 Å². The fourth-order valence-electron chi connectivity index (χ4n) is 2.76. The molecule has 0 bridgehead atoms. The Morgan fingerprint density at radius 1 is 1.04 bits per heavy atom. The second kappa shape index (κ2) is 6.65. The Morgan fingerprint density at radius 2 is 1.65 bits per heavy atom. The van der Waals surface area contributed by atoms with E-state index in [1.165, 1.54) is 0 Å². The molecular formula is C19H21NO3. The Balaban J connectivity index is 2.28. The van der Waals surface area contributed by atoms with Crippen molar-refractivity contribution in [3.8, 4) is 0 Å². The van der Waals surface area contributed by atoms with Crippen LogP contribution in [0.3, 0.4) is 0 Å². The molecule has 2 rings (SSSR count). The van der Waals surface area contributed by atoms with Gasteiger partial charge in [-0.2, -0.15) is 0 Å². The monoisotopic (exact) mass is 311 g/mol. The van der Waals surface area contributed by atoms with E-state index in [1.807, 2.05) is 32.9 Å². The summed E-state index contributed by atoms with van der Waals surface area (Å²) in [4.78, 5) is 23.6. The Morgan fingerprint density at radius 3 is 2.22 bits per heavy atom. The second-order valence-corrected chi connectivity index (χ2v) is 5.91. The first-order valence-electron chi connectivity index (χ1n) is 7.51. The van der Waals surface area contributed by atoms with Crippen LogP contribution in [0, 0.1) is 20.8 Å². The molecule has 2 aromatic rings. The minimum atomic E-state index is -0.890. The van der Waals surface area contributed by atoms with Gasteiger partial charge in [-0.1, -0.05) is 29.8 Å². The average Bonchev–Trinajstić information content (AvgIpc) is 2.45. The van der Waals surface area contributed by atoms with Crippen LogP contribution in [-0.4, -0.2) is 17.0 Å². The van der Waals surface area contributed by atoms with Crippen molar-refractivity contribution in [3.63, 3.8) is 0 Å². The van der Waals surface area contributed by atoms with Crippen LogP contribution in [0.25, 0.3) is 0 Å². The van der Waals surface area contributed by atoms with E-state index in [-0.39, 0.29) is 5.91 Å². The summed E-state index contributed by atoms with van der Waals surface area (Å²) < 4.78 is 0. The number of benzene rings is 2. The molecule has 0 fully saturated rings. The van der Waals surface area contributed by atoms with Crippen LogP contribution < -0.4 is 5.32 Å². The van der Waals surface area contributed by atoms with E-state index < -0.39 is 11.9 Å². The molecule has 0 heterocycles. The Labute approximate surface area is 136 Å². The fraction of sp³-hybridized carbons (Fsp3) is 0.263. The van der Waals surface area contributed by atoms with E-state index in [0.29, 0.717) is 16.8 Å². The van der Waals surface area contributed by atoms with Crippen molar-refractivity contribution >= 4 is 17.6 Å². The number of carboxylic acids is 1. The Hall–Kier alpha value is -2.62. The molecule has 120 valence electrons. The van der Waals surface area contributed by atoms with Crippen LogP contribution >= 0.6 is 0 Å². The second-order valence-electron chi connectivity index (χ2n) is 5.91. The summed E-state index contributed by atoms with van der Waals surface area (Å²) in [5.41, 5.74) is 4.89. The van der Waals surface area contributed by atoms with E-state index in [9.17, 15) is 9.59 Å². The molecule has 1 amide bonds. The standard InChI is InChI=1S/C19H21NO3/c1-11-8-12(2)17(13(3)9-11)18(21)20-16-7-5-6-15(10-16)14(4)19(22)23/h5-10,14H,1-4H3,(H,20,21)(H,22,23). The molecular weight excluding hydrogens is 290 g/mol. The van der Waals surface area contributed by atoms with Gasteiger partial charge >= 0.3 is 5.97 Å². The third-order valence-corrected chi connectivity index (χ3v) is 3.92. The highest BCUT2D eigenvalue weighted by atomic mass is 16.4. The SMILES string of the molecule is Cc1cc(C)c(C(=O)Nc2cccc(C(C)C(=O)O)c2)c(C)c1. The molecule has 0 radical (unpaired) electrons. The van der Waals surface area contributed by atoms with E-state index in [0.717, 1.165) is 16.7 Å². The van der Waals surface area contributed by atoms with Crippen molar-refractivity contribution < 1.29 is 14.7 Å². The zero-order valence-corrected chi connectivity index (χ0v) is 13.8. The highest BCUT2D eigenvalue weighted by molar-refractivity contribution is 6.06. The van der Waals surface area contributed by atoms with Crippen molar-refractivity contribution in [1.82, 2.24) is 0 Å². The van der Waals surface area contributed by atoms with E-state index in [1.54, 1.807) is 31.2 Å². The molecule has 0 spiro atoms. The van der Waals surface area contributed by atoms with Crippen molar-refractivity contribution in [2.24, 2.45) is 0 Å². The number of hydrogen-bond acceptors (Lipinski definition) is 2. The molecule has 0 saturated heterocycles. The molecule has 1 atom stereocenters. The first kappa shape index (κ1) is 16.7. The number of aryl methyl sites for hydroxylation is 3. The van der Waals surface area contributed by atoms with Gasteiger partial charge in [0.05, 0.1) is 5.92 Å². The minimum Gasteiger partial charge on any atom is -0.481 e. The molecule has 2 aromatic carbocycles. The van der Waals surface area contributed by atoms with Crippen molar-refractivity contribution in [3.05, 3.63) is 64.2 Å². The summed E-state index contributed by atoms with van der Waals surface area (Å²) in [5, 5.41) is 12.0. The van der Waals surface area contributed by atoms with Gasteiger partial charge in [0.25, 0.3) is 5.91 Å². The predicted molar refractivity (Wildman–Crippen MR) is 91.1 cm³/mol. The largest absolute Gasteiger partial charge is 0.481 e. The first-order chi connectivity index (χ1) is 10.8. The number of amides is 1. The molecule has 4 nitrogen and oxygen atoms in total. The lowest BCUT2D eigenvalue weighted by atomic mass is 9.98. The van der Waals surface area contributed by atoms with Crippen LogP contribution in [0.1, 0.15) is 45.5 Å². The highest BCUT2D eigenvalue weighted by Crippen LogP contribution is 2.22. The van der Waals surface area contributed by atoms with Gasteiger partial charge in [0, 0.05) is 11.3 Å². The number of carbonyl (C=O) groups excluding carboxylic acids is 1. The fourth-order valence-corrected chi connectivity index (χ4v) is 2.76. The molecule has 0 aliphatic carbocycles. The number of carboxylic acid groups (broad SMARTS) is 1. The maximum Gasteiger partial charge on any atom is 0.310 e. The van der Waals surface area contributed by atoms with Crippen LogP contribution in [0.2, 0.25) is 0 Å². The van der Waals surface area contributed by atoms with Gasteiger partial charge in [0.15, 0.2) is 0 Å². The molecule has 2 N–H and O–H groups in total. The van der Waals surface area contributed by atoms with Gasteiger partial charge in [0.2, 0.25) is 0 Å². The van der Waals surface area contributed by atoms with E-state index >= 15 is 0 Å². The van der Waals surface area contributed by atoms with Crippen LogP contribution in [0.4, 0.5) is 5.69 Å². The van der Waals surface area contributed by atoms with Crippen molar-refractivity contribution in [1.29, 1.82) is 0 Å². The number of hydrogen-bond donors (Lipinski definition) is 2. The molecule has 4 heteroatoms. The van der Waals surface area contributed by atoms with Gasteiger partial charge in [-0.05, 0) is 56.5 Å². The van der Waals surface area contributed by atoms with Crippen LogP contribution in [-0.2, 0) is 4.79 Å². The van der Waals surface area contributed by atoms with E-state index in [2.05, 4.69) is 5.32 Å². The van der Waals surface area contributed by atoms with Crippen LogP contribution in [0.15, 0.2) is 36.4 Å². The lowest BCUT2D eigenvalue weighted by molar-refractivity contribution is -0.138. The molecule has 23 heavy (non-hydrogen) atoms. The van der Waals surface area contributed by atoms with Gasteiger partial charge in [-0.3, -0.25) is 9.59 Å². The summed E-state index contributed by atoms with van der Waals surface area (Å²) in [6.45, 7) is 7.45. The number of aliphatic carboxylic acids is 1. The van der Waals surface area contributed by atoms with Gasteiger partial charge < -0.3 is 10.4 Å². The minimum absolute atomic E-state index is 0.180. The summed E-state index contributed by atoms with van der Waals surface area (Å²) >= 11 is 0. The molecule has 0 aliphatic rings. The third-order valence-electron chi connectivity index (χ3n) is 3.92. The molecule has 1 unspecified atom stereocenters. The zero-order chi connectivity index (χ0) is 17.1. The first-order valence-corrected chi connectivity index (χ1v) is 7.51. The number of anilines is 1. The topological polar surface area (TPSA) is 66.4 Å². The molecule has 0 saturated carbocycles. The predicted octanol–water partition coefficient (Wildman–Crippen LogP) is 4.05. The van der Waals surface area contributed by atoms with Gasteiger partial charge in [0.1, 0.15) is 0 Å². The number of rotatable bonds is 4. The summed E-state index contributed by atoms with van der Waals surface area (Å²) in [6, 6.07) is 10.9. The Bertz CT molecular complexity index is 742. The smallest absolute Gasteiger partial charge is 0.310 e. The highest BCUT2D eigenvalue weighted by Gasteiger charge is 2.16. The average molecular weight is 311 g/mol. The number of carbonyl (C=O) groups is 2. The molecule has 0 aliphatic heterocycles. The Kier molecular flexibility index (Phi) is 4.84. The maximum absolute atomic E-state index is 12.6. The maximum atomic E-state index is 12.6. The summed E-state index contributed by atoms with van der Waals surface area (Å²) in [5.74, 6) is -1.69. The summed E-state index contributed by atoms with van der Waals surface area (Å²) in [7, 11) is 0. The summed E-state index contributed by atoms with van der Waals surface area (Å²) in [6.07, 6.45) is 0. The lowest BCUT2D eigenvalue weighted by Gasteiger charge is -2.13. The van der Waals surface area contributed by atoms with E-state index in [4.69, 9.17) is 5.11 Å². The molecule has 0 aromatic heterocycles. The van der Waals surface area contributed by atoms with Crippen LogP contribution in [0.5, 0.6) is 0 Å².